The van der Waals surface area contributed by atoms with Crippen LogP contribution in [0.25, 0.3) is 0 Å². The minimum atomic E-state index is -0.695. The van der Waals surface area contributed by atoms with E-state index in [1.54, 1.807) is 32.4 Å². The Morgan fingerprint density at radius 1 is 1.38 bits per heavy atom. The SMILES string of the molecule is CCCCc1cc(=O)c(C(=O)NCC(=O)OC(C)(C)C)c(N=CN)n1C. The summed E-state index contributed by atoms with van der Waals surface area (Å²) in [5, 5.41) is 2.41. The van der Waals surface area contributed by atoms with Crippen LogP contribution < -0.4 is 16.5 Å². The summed E-state index contributed by atoms with van der Waals surface area (Å²) in [6, 6.07) is 1.42. The van der Waals surface area contributed by atoms with Crippen LogP contribution in [0.15, 0.2) is 15.9 Å². The topological polar surface area (TPSA) is 116 Å². The monoisotopic (exact) mass is 364 g/mol. The molecule has 8 nitrogen and oxygen atoms in total. The molecule has 3 N–H and O–H groups in total. The lowest BCUT2D eigenvalue weighted by Crippen LogP contribution is -2.37. The van der Waals surface area contributed by atoms with E-state index in [1.807, 2.05) is 0 Å². The van der Waals surface area contributed by atoms with Gasteiger partial charge >= 0.3 is 5.97 Å². The van der Waals surface area contributed by atoms with Gasteiger partial charge in [-0.2, -0.15) is 0 Å². The number of aryl methyl sites for hydroxylation is 1. The van der Waals surface area contributed by atoms with E-state index < -0.39 is 22.9 Å². The zero-order valence-electron chi connectivity index (χ0n) is 16.1. The number of pyridine rings is 1. The molecular weight excluding hydrogens is 336 g/mol. The van der Waals surface area contributed by atoms with Gasteiger partial charge in [-0.05, 0) is 33.6 Å². The molecule has 144 valence electrons. The Kier molecular flexibility index (Phi) is 7.55. The quantitative estimate of drug-likeness (QED) is 0.431. The second-order valence-corrected chi connectivity index (χ2v) is 6.91. The van der Waals surface area contributed by atoms with Gasteiger partial charge in [-0.15, -0.1) is 0 Å². The van der Waals surface area contributed by atoms with Gasteiger partial charge in [0.2, 0.25) is 0 Å². The van der Waals surface area contributed by atoms with E-state index in [1.165, 1.54) is 6.07 Å². The van der Waals surface area contributed by atoms with E-state index in [0.717, 1.165) is 24.9 Å². The number of unbranched alkanes of at least 4 members (excludes halogenated alkanes) is 1. The molecule has 1 amide bonds. The Morgan fingerprint density at radius 3 is 2.58 bits per heavy atom. The van der Waals surface area contributed by atoms with Crippen molar-refractivity contribution in [3.8, 4) is 0 Å². The molecule has 0 radical (unpaired) electrons. The van der Waals surface area contributed by atoms with Crippen LogP contribution in [0, 0.1) is 0 Å². The number of carbonyl (C=O) groups is 2. The van der Waals surface area contributed by atoms with Crippen molar-refractivity contribution in [2.45, 2.75) is 52.6 Å². The molecule has 0 aliphatic carbocycles. The Bertz CT molecular complexity index is 745. The van der Waals surface area contributed by atoms with Crippen molar-refractivity contribution in [1.82, 2.24) is 9.88 Å². The summed E-state index contributed by atoms with van der Waals surface area (Å²) in [6.07, 6.45) is 3.60. The van der Waals surface area contributed by atoms with Crippen LogP contribution in [0.1, 0.15) is 56.6 Å². The van der Waals surface area contributed by atoms with Crippen molar-refractivity contribution in [3.05, 3.63) is 27.5 Å². The molecule has 26 heavy (non-hydrogen) atoms. The van der Waals surface area contributed by atoms with Crippen molar-refractivity contribution in [2.75, 3.05) is 6.54 Å². The molecule has 8 heteroatoms. The highest BCUT2D eigenvalue weighted by molar-refractivity contribution is 5.99. The number of carbonyl (C=O) groups excluding carboxylic acids is 2. The lowest BCUT2D eigenvalue weighted by molar-refractivity contribution is -0.153. The molecule has 0 saturated carbocycles. The molecule has 1 rings (SSSR count). The van der Waals surface area contributed by atoms with Crippen molar-refractivity contribution in [3.63, 3.8) is 0 Å². The van der Waals surface area contributed by atoms with E-state index in [4.69, 9.17) is 10.5 Å². The van der Waals surface area contributed by atoms with Crippen molar-refractivity contribution < 1.29 is 14.3 Å². The maximum atomic E-state index is 12.5. The molecule has 0 aliphatic heterocycles. The smallest absolute Gasteiger partial charge is 0.325 e. The Hall–Kier alpha value is -2.64. The van der Waals surface area contributed by atoms with Crippen LogP contribution in [-0.4, -0.2) is 34.9 Å². The molecule has 0 bridgehead atoms. The van der Waals surface area contributed by atoms with Gasteiger partial charge in [0.1, 0.15) is 17.7 Å². The van der Waals surface area contributed by atoms with Crippen LogP contribution in [0.4, 0.5) is 5.82 Å². The lowest BCUT2D eigenvalue weighted by Gasteiger charge is -2.19. The van der Waals surface area contributed by atoms with E-state index in [0.29, 0.717) is 6.42 Å². The van der Waals surface area contributed by atoms with Gasteiger partial charge < -0.3 is 20.4 Å². The predicted molar refractivity (Wildman–Crippen MR) is 101 cm³/mol. The highest BCUT2D eigenvalue weighted by Crippen LogP contribution is 2.18. The Morgan fingerprint density at radius 2 is 2.04 bits per heavy atom. The molecule has 1 aromatic rings. The van der Waals surface area contributed by atoms with Crippen molar-refractivity contribution in [1.29, 1.82) is 0 Å². The maximum absolute atomic E-state index is 12.5. The van der Waals surface area contributed by atoms with Crippen LogP contribution in [0.3, 0.4) is 0 Å². The normalized spacial score (nSPS) is 11.6. The fourth-order valence-corrected chi connectivity index (χ4v) is 2.39. The van der Waals surface area contributed by atoms with Crippen LogP contribution in [0.5, 0.6) is 0 Å². The summed E-state index contributed by atoms with van der Waals surface area (Å²) in [7, 11) is 1.72. The number of hydrogen-bond donors (Lipinski definition) is 2. The molecule has 0 saturated heterocycles. The lowest BCUT2D eigenvalue weighted by atomic mass is 10.1. The molecule has 0 aromatic carbocycles. The van der Waals surface area contributed by atoms with Crippen LogP contribution in [-0.2, 0) is 23.0 Å². The van der Waals surface area contributed by atoms with Crippen LogP contribution >= 0.6 is 0 Å². The number of nitrogens with one attached hydrogen (secondary N) is 1. The Labute approximate surface area is 153 Å². The second-order valence-electron chi connectivity index (χ2n) is 6.91. The number of rotatable bonds is 7. The first-order chi connectivity index (χ1) is 12.1. The fraction of sp³-hybridized carbons (Fsp3) is 0.556. The van der Waals surface area contributed by atoms with E-state index in [-0.39, 0.29) is 17.9 Å². The molecule has 0 atom stereocenters. The first kappa shape index (κ1) is 21.4. The third kappa shape index (κ3) is 6.02. The average Bonchev–Trinajstić information content (AvgIpc) is 2.53. The van der Waals surface area contributed by atoms with Gasteiger partial charge in [0.25, 0.3) is 5.91 Å². The van der Waals surface area contributed by atoms with Gasteiger partial charge in [0.05, 0.1) is 6.34 Å². The number of hydrogen-bond acceptors (Lipinski definition) is 5. The van der Waals surface area contributed by atoms with Gasteiger partial charge in [-0.3, -0.25) is 14.4 Å². The number of amides is 1. The minimum Gasteiger partial charge on any atom is -0.459 e. The molecule has 0 aliphatic rings. The first-order valence-electron chi connectivity index (χ1n) is 8.58. The van der Waals surface area contributed by atoms with Crippen molar-refractivity contribution >= 4 is 24.0 Å². The highest BCUT2D eigenvalue weighted by atomic mass is 16.6. The first-order valence-corrected chi connectivity index (χ1v) is 8.58. The van der Waals surface area contributed by atoms with E-state index in [2.05, 4.69) is 17.2 Å². The minimum absolute atomic E-state index is 0.155. The van der Waals surface area contributed by atoms with E-state index in [9.17, 15) is 14.4 Å². The molecule has 0 spiro atoms. The number of esters is 1. The summed E-state index contributed by atoms with van der Waals surface area (Å²) < 4.78 is 6.80. The largest absolute Gasteiger partial charge is 0.459 e. The van der Waals surface area contributed by atoms with Crippen molar-refractivity contribution in [2.24, 2.45) is 17.8 Å². The molecule has 0 unspecified atom stereocenters. The van der Waals surface area contributed by atoms with E-state index >= 15 is 0 Å². The van der Waals surface area contributed by atoms with Gasteiger partial charge in [0.15, 0.2) is 11.2 Å². The number of ether oxygens (including phenoxy) is 1. The zero-order valence-corrected chi connectivity index (χ0v) is 16.1. The highest BCUT2D eigenvalue weighted by Gasteiger charge is 2.22. The third-order valence-electron chi connectivity index (χ3n) is 3.54. The second kappa shape index (κ2) is 9.17. The summed E-state index contributed by atoms with van der Waals surface area (Å²) >= 11 is 0. The average molecular weight is 364 g/mol. The van der Waals surface area contributed by atoms with Crippen LogP contribution in [0.2, 0.25) is 0 Å². The zero-order chi connectivity index (χ0) is 19.9. The molecule has 1 aromatic heterocycles. The molecule has 0 fully saturated rings. The maximum Gasteiger partial charge on any atom is 0.325 e. The molecular formula is C18H28N4O4. The van der Waals surface area contributed by atoms with Gasteiger partial charge in [-0.1, -0.05) is 13.3 Å². The summed E-state index contributed by atoms with van der Waals surface area (Å²) in [6.45, 7) is 6.89. The number of nitrogens with zero attached hydrogens (tertiary/aromatic N) is 2. The number of nitrogens with two attached hydrogens (primary N) is 1. The van der Waals surface area contributed by atoms with Gasteiger partial charge in [0, 0.05) is 18.8 Å². The Balaban J connectivity index is 3.10. The number of aromatic nitrogens is 1. The third-order valence-corrected chi connectivity index (χ3v) is 3.54. The fourth-order valence-electron chi connectivity index (χ4n) is 2.39. The van der Waals surface area contributed by atoms with Gasteiger partial charge in [-0.25, -0.2) is 4.99 Å². The number of aliphatic imine (C=N–C) groups is 1. The molecule has 1 heterocycles. The standard InChI is InChI=1S/C18H28N4O4/c1-6-7-8-12-9-13(23)15(16(21-11-19)22(12)5)17(25)20-10-14(24)26-18(2,3)4/h9,11H,6-8,10H2,1-5H3,(H2,19,21)(H,20,25). The summed E-state index contributed by atoms with van der Waals surface area (Å²) in [4.78, 5) is 40.7. The predicted octanol–water partition coefficient (Wildman–Crippen LogP) is 1.42. The summed E-state index contributed by atoms with van der Waals surface area (Å²) in [5.74, 6) is -1.13. The summed E-state index contributed by atoms with van der Waals surface area (Å²) in [5.41, 5.74) is 4.87.